The lowest BCUT2D eigenvalue weighted by Crippen LogP contribution is -2.29. The third-order valence-corrected chi connectivity index (χ3v) is 3.99. The van der Waals surface area contributed by atoms with E-state index in [2.05, 4.69) is 36.1 Å². The van der Waals surface area contributed by atoms with Crippen LogP contribution in [-0.2, 0) is 6.54 Å². The summed E-state index contributed by atoms with van der Waals surface area (Å²) in [5.41, 5.74) is 1.86. The van der Waals surface area contributed by atoms with Gasteiger partial charge in [-0.15, -0.1) is 0 Å². The van der Waals surface area contributed by atoms with E-state index >= 15 is 0 Å². The fourth-order valence-corrected chi connectivity index (χ4v) is 2.58. The molecule has 0 spiro atoms. The molecule has 1 aromatic rings. The van der Waals surface area contributed by atoms with Gasteiger partial charge in [0, 0.05) is 36.9 Å². The van der Waals surface area contributed by atoms with E-state index in [1.165, 1.54) is 12.8 Å². The highest BCUT2D eigenvalue weighted by Gasteiger charge is 2.22. The maximum Gasteiger partial charge on any atom is 0.129 e. The van der Waals surface area contributed by atoms with Crippen molar-refractivity contribution in [3.8, 4) is 0 Å². The van der Waals surface area contributed by atoms with Crippen molar-refractivity contribution >= 4 is 5.69 Å². The maximum absolute atomic E-state index is 14.2. The van der Waals surface area contributed by atoms with Crippen LogP contribution < -0.4 is 10.2 Å². The van der Waals surface area contributed by atoms with E-state index in [1.807, 2.05) is 12.1 Å². The van der Waals surface area contributed by atoms with Crippen molar-refractivity contribution in [2.75, 3.05) is 38.6 Å². The molecular weight excluding hydrogens is 265 g/mol. The van der Waals surface area contributed by atoms with Crippen LogP contribution in [0.2, 0.25) is 0 Å². The molecule has 21 heavy (non-hydrogen) atoms. The minimum Gasteiger partial charge on any atom is -0.371 e. The van der Waals surface area contributed by atoms with Crippen molar-refractivity contribution in [1.82, 2.24) is 10.2 Å². The molecule has 1 N–H and O–H groups in total. The summed E-state index contributed by atoms with van der Waals surface area (Å²) in [7, 11) is 4.17. The van der Waals surface area contributed by atoms with Crippen LogP contribution in [0.3, 0.4) is 0 Å². The smallest absolute Gasteiger partial charge is 0.129 e. The Morgan fingerprint density at radius 2 is 2.00 bits per heavy atom. The molecule has 0 bridgehead atoms. The van der Waals surface area contributed by atoms with Gasteiger partial charge in [-0.1, -0.05) is 6.07 Å². The second-order valence-electron chi connectivity index (χ2n) is 6.13. The molecule has 1 aliphatic carbocycles. The lowest BCUT2D eigenvalue weighted by molar-refractivity contribution is 0.400. The second-order valence-corrected chi connectivity index (χ2v) is 6.13. The highest BCUT2D eigenvalue weighted by Crippen LogP contribution is 2.26. The molecule has 0 aliphatic heterocycles. The molecule has 0 radical (unpaired) electrons. The average molecular weight is 293 g/mol. The molecule has 1 aromatic carbocycles. The zero-order valence-electron chi connectivity index (χ0n) is 13.5. The van der Waals surface area contributed by atoms with Crippen molar-refractivity contribution < 1.29 is 4.39 Å². The van der Waals surface area contributed by atoms with Gasteiger partial charge in [0.1, 0.15) is 5.82 Å². The van der Waals surface area contributed by atoms with E-state index < -0.39 is 0 Å². The van der Waals surface area contributed by atoms with E-state index in [9.17, 15) is 4.39 Å². The summed E-state index contributed by atoms with van der Waals surface area (Å²) in [4.78, 5) is 4.48. The molecule has 0 atom stereocenters. The number of halogens is 1. The molecule has 0 aromatic heterocycles. The standard InChI is InChI=1S/C17H28FN3/c1-4-21(12-6-11-20(2)3)17-8-5-7-16(18)15(17)13-19-14-9-10-14/h5,7-8,14,19H,4,6,9-13H2,1-3H3. The molecule has 0 heterocycles. The van der Waals surface area contributed by atoms with Gasteiger partial charge < -0.3 is 15.1 Å². The first kappa shape index (κ1) is 16.2. The Kier molecular flexibility index (Phi) is 6.00. The fourth-order valence-electron chi connectivity index (χ4n) is 2.58. The molecule has 0 unspecified atom stereocenters. The predicted molar refractivity (Wildman–Crippen MR) is 87.3 cm³/mol. The van der Waals surface area contributed by atoms with Gasteiger partial charge in [0.05, 0.1) is 0 Å². The van der Waals surface area contributed by atoms with Crippen LogP contribution in [0, 0.1) is 5.82 Å². The Labute approximate surface area is 128 Å². The van der Waals surface area contributed by atoms with Crippen LogP contribution in [0.4, 0.5) is 10.1 Å². The summed E-state index contributed by atoms with van der Waals surface area (Å²) in [6.07, 6.45) is 3.54. The van der Waals surface area contributed by atoms with E-state index in [4.69, 9.17) is 0 Å². The largest absolute Gasteiger partial charge is 0.371 e. The number of hydrogen-bond donors (Lipinski definition) is 1. The summed E-state index contributed by atoms with van der Waals surface area (Å²) in [6, 6.07) is 6.04. The molecule has 3 nitrogen and oxygen atoms in total. The third-order valence-electron chi connectivity index (χ3n) is 3.99. The highest BCUT2D eigenvalue weighted by atomic mass is 19.1. The molecule has 4 heteroatoms. The number of nitrogens with zero attached hydrogens (tertiary/aromatic N) is 2. The molecule has 2 rings (SSSR count). The Bertz CT molecular complexity index is 444. The summed E-state index contributed by atoms with van der Waals surface area (Å²) in [5, 5.41) is 3.43. The number of nitrogens with one attached hydrogen (secondary N) is 1. The summed E-state index contributed by atoms with van der Waals surface area (Å²) >= 11 is 0. The first-order valence-electron chi connectivity index (χ1n) is 8.02. The number of rotatable bonds is 9. The lowest BCUT2D eigenvalue weighted by atomic mass is 10.1. The SMILES string of the molecule is CCN(CCCN(C)C)c1cccc(F)c1CNC1CC1. The number of hydrogen-bond acceptors (Lipinski definition) is 3. The first-order chi connectivity index (χ1) is 10.1. The second kappa shape index (κ2) is 7.76. The summed E-state index contributed by atoms with van der Waals surface area (Å²) in [5.74, 6) is -0.0910. The summed E-state index contributed by atoms with van der Waals surface area (Å²) in [6.45, 7) is 5.71. The van der Waals surface area contributed by atoms with Crippen molar-refractivity contribution in [2.24, 2.45) is 0 Å². The Hall–Kier alpha value is -1.13. The van der Waals surface area contributed by atoms with Crippen LogP contribution >= 0.6 is 0 Å². The van der Waals surface area contributed by atoms with Crippen molar-refractivity contribution in [1.29, 1.82) is 0 Å². The number of benzene rings is 1. The molecule has 0 amide bonds. The van der Waals surface area contributed by atoms with Gasteiger partial charge in [-0.25, -0.2) is 4.39 Å². The molecule has 1 aliphatic rings. The molecule has 1 saturated carbocycles. The van der Waals surface area contributed by atoms with E-state index in [-0.39, 0.29) is 5.82 Å². The van der Waals surface area contributed by atoms with Crippen LogP contribution in [0.5, 0.6) is 0 Å². The third kappa shape index (κ3) is 4.97. The maximum atomic E-state index is 14.2. The lowest BCUT2D eigenvalue weighted by Gasteiger charge is -2.27. The molecular formula is C17H28FN3. The zero-order chi connectivity index (χ0) is 15.2. The van der Waals surface area contributed by atoms with Gasteiger partial charge in [-0.2, -0.15) is 0 Å². The first-order valence-corrected chi connectivity index (χ1v) is 8.02. The van der Waals surface area contributed by atoms with Gasteiger partial charge >= 0.3 is 0 Å². The van der Waals surface area contributed by atoms with E-state index in [0.717, 1.165) is 37.3 Å². The van der Waals surface area contributed by atoms with Crippen LogP contribution in [-0.4, -0.2) is 44.7 Å². The Morgan fingerprint density at radius 3 is 2.62 bits per heavy atom. The van der Waals surface area contributed by atoms with Crippen LogP contribution in [0.25, 0.3) is 0 Å². The van der Waals surface area contributed by atoms with E-state index in [1.54, 1.807) is 6.07 Å². The highest BCUT2D eigenvalue weighted by molar-refractivity contribution is 5.54. The molecule has 118 valence electrons. The van der Waals surface area contributed by atoms with E-state index in [0.29, 0.717) is 12.6 Å². The Morgan fingerprint density at radius 1 is 1.24 bits per heavy atom. The number of anilines is 1. The Balaban J connectivity index is 2.05. The minimum atomic E-state index is -0.0910. The topological polar surface area (TPSA) is 18.5 Å². The average Bonchev–Trinajstić information content (AvgIpc) is 3.26. The van der Waals surface area contributed by atoms with Gasteiger partial charge in [0.15, 0.2) is 0 Å². The molecule has 1 fully saturated rings. The predicted octanol–water partition coefficient (Wildman–Crippen LogP) is 2.86. The van der Waals surface area contributed by atoms with Gasteiger partial charge in [0.2, 0.25) is 0 Å². The fraction of sp³-hybridized carbons (Fsp3) is 0.647. The van der Waals surface area contributed by atoms with Gasteiger partial charge in [0.25, 0.3) is 0 Å². The summed E-state index contributed by atoms with van der Waals surface area (Å²) < 4.78 is 14.2. The monoisotopic (exact) mass is 293 g/mol. The van der Waals surface area contributed by atoms with Crippen molar-refractivity contribution in [3.63, 3.8) is 0 Å². The van der Waals surface area contributed by atoms with Gasteiger partial charge in [-0.05, 0) is 59.0 Å². The van der Waals surface area contributed by atoms with Crippen molar-refractivity contribution in [3.05, 3.63) is 29.6 Å². The van der Waals surface area contributed by atoms with Crippen LogP contribution in [0.1, 0.15) is 31.7 Å². The minimum absolute atomic E-state index is 0.0910. The zero-order valence-corrected chi connectivity index (χ0v) is 13.5. The molecule has 0 saturated heterocycles. The van der Waals surface area contributed by atoms with Gasteiger partial charge in [-0.3, -0.25) is 0 Å². The normalized spacial score (nSPS) is 14.7. The van der Waals surface area contributed by atoms with Crippen LogP contribution in [0.15, 0.2) is 18.2 Å². The quantitative estimate of drug-likeness (QED) is 0.755. The van der Waals surface area contributed by atoms with Crippen molar-refractivity contribution in [2.45, 2.75) is 38.8 Å².